The van der Waals surface area contributed by atoms with E-state index in [0.29, 0.717) is 35.5 Å². The van der Waals surface area contributed by atoms with E-state index in [9.17, 15) is 0 Å². The minimum absolute atomic E-state index is 0. The average Bonchev–Trinajstić information content (AvgIpc) is 1.28. The molecule has 9 heteroatoms. The van der Waals surface area contributed by atoms with Gasteiger partial charge in [0, 0.05) is 115 Å². The molecule has 3 radical (unpaired) electrons. The molecule has 6 nitrogen and oxygen atoms in total. The van der Waals surface area contributed by atoms with Gasteiger partial charge in [0.25, 0.3) is 0 Å². The van der Waals surface area contributed by atoms with Gasteiger partial charge in [-0.05, 0) is 214 Å². The molecule has 118 heavy (non-hydrogen) atoms. The van der Waals surface area contributed by atoms with Crippen LogP contribution in [0, 0.1) is 18.2 Å². The summed E-state index contributed by atoms with van der Waals surface area (Å²) in [7, 11) is 0. The van der Waals surface area contributed by atoms with Gasteiger partial charge in [0.05, 0.1) is 17.5 Å². The van der Waals surface area contributed by atoms with Gasteiger partial charge in [0.2, 0.25) is 0 Å². The summed E-state index contributed by atoms with van der Waals surface area (Å²) in [6.45, 7) is 0. The van der Waals surface area contributed by atoms with Crippen molar-refractivity contribution in [3.05, 3.63) is 337 Å². The molecule has 0 amide bonds. The van der Waals surface area contributed by atoms with E-state index in [1.54, 1.807) is 5.56 Å². The molecule has 20 rings (SSSR count). The zero-order valence-corrected chi connectivity index (χ0v) is 75.3. The number of hydrogen-bond donors (Lipinski definition) is 0. The quantitative estimate of drug-likeness (QED) is 0.0854. The van der Waals surface area contributed by atoms with Gasteiger partial charge in [-0.2, -0.15) is 0 Å². The van der Waals surface area contributed by atoms with Crippen molar-refractivity contribution in [3.8, 4) is 107 Å². The molecular formula is C109H109Ir3N6-3. The molecule has 0 spiro atoms. The maximum atomic E-state index is 4.97. The van der Waals surface area contributed by atoms with Crippen molar-refractivity contribution in [3.63, 3.8) is 0 Å². The van der Waals surface area contributed by atoms with E-state index in [1.165, 1.54) is 280 Å². The second-order valence-corrected chi connectivity index (χ2v) is 33.6. The Labute approximate surface area is 742 Å². The van der Waals surface area contributed by atoms with Crippen LogP contribution in [0.3, 0.4) is 0 Å². The summed E-state index contributed by atoms with van der Waals surface area (Å²) in [5.74, 6) is 6.37. The third-order valence-electron chi connectivity index (χ3n) is 26.5. The Morgan fingerprint density at radius 3 is 0.737 bits per heavy atom. The summed E-state index contributed by atoms with van der Waals surface area (Å²) in [5.41, 5.74) is 30.1. The van der Waals surface area contributed by atoms with Crippen LogP contribution < -0.4 is 0 Å². The van der Waals surface area contributed by atoms with Crippen molar-refractivity contribution in [2.45, 2.75) is 215 Å². The van der Waals surface area contributed by atoms with E-state index in [-0.39, 0.29) is 60.3 Å². The summed E-state index contributed by atoms with van der Waals surface area (Å²) >= 11 is 0. The molecule has 0 bridgehead atoms. The van der Waals surface area contributed by atoms with E-state index in [1.807, 2.05) is 55.0 Å². The normalized spacial score (nSPS) is 16.3. The largest absolute Gasteiger partial charge is 0.339 e. The Morgan fingerprint density at radius 1 is 0.229 bits per heavy atom. The fourth-order valence-electron chi connectivity index (χ4n) is 21.2. The Hall–Kier alpha value is -9.00. The van der Waals surface area contributed by atoms with E-state index >= 15 is 0 Å². The van der Waals surface area contributed by atoms with E-state index in [4.69, 9.17) is 15.0 Å². The standard InChI is InChI=1S/C39H39N2.C37H35N2.C33H35N2.3Ir/c1-6-16-29(17-7-1)34-28-35(30-18-8-2-9-19-30)37(32-22-12-4-13-23-32)38(36(34)31-20-10-3-11-21-31)41-27-26-40-39(41)33-24-14-5-15-25-33;1-4-14-27(15-5-1)32-26-33(28-16-6-2-7-17-28)35(30-20-12-13-21-30)36(34(32)29-18-10-11-19-29)39-25-24-38-37(39)31-22-8-3-9-23-31;1-5-13-25(14-6-1)29-21-22-30(26-15-7-2-8-16-26)32(31(29)27-17-9-3-10-18-27)35-24-23-34-33(35)28-19-11-4-12-20-28;;;/h1-2,5-9,14-19,24,26-28,31-32H,3-4,10-13,20-23H2;1-9,14-17,22,24-26,29-30H,10-13,18-21H2;1,4-6,11-14,19,21-24,26-27H,2-3,7-10,15-18H2;;;/q3*-1;;;. The number of imidazole rings is 3. The van der Waals surface area contributed by atoms with Crippen LogP contribution in [0.1, 0.15) is 249 Å². The van der Waals surface area contributed by atoms with Crippen molar-refractivity contribution in [2.24, 2.45) is 0 Å². The second kappa shape index (κ2) is 40.8. The molecule has 6 aliphatic rings. The fraction of sp³-hybridized carbons (Fsp3) is 0.312. The molecule has 605 valence electrons. The third-order valence-corrected chi connectivity index (χ3v) is 26.5. The summed E-state index contributed by atoms with van der Waals surface area (Å²) in [6, 6.07) is 101. The van der Waals surface area contributed by atoms with Gasteiger partial charge in [0.1, 0.15) is 0 Å². The number of benzene rings is 11. The Morgan fingerprint density at radius 2 is 0.466 bits per heavy atom. The van der Waals surface area contributed by atoms with Crippen LogP contribution >= 0.6 is 0 Å². The molecule has 0 aliphatic heterocycles. The molecule has 3 aromatic heterocycles. The molecule has 0 saturated heterocycles. The summed E-state index contributed by atoms with van der Waals surface area (Å²) < 4.78 is 7.27. The zero-order chi connectivity index (χ0) is 76.9. The number of aromatic nitrogens is 6. The monoisotopic (exact) mass is 2080 g/mol. The molecule has 3 heterocycles. The summed E-state index contributed by atoms with van der Waals surface area (Å²) in [6.07, 6.45) is 48.9. The minimum atomic E-state index is 0. The van der Waals surface area contributed by atoms with Crippen LogP contribution in [-0.2, 0) is 60.3 Å². The molecule has 6 fully saturated rings. The molecule has 6 aliphatic carbocycles. The van der Waals surface area contributed by atoms with Crippen molar-refractivity contribution in [1.82, 2.24) is 28.7 Å². The third kappa shape index (κ3) is 18.3. The predicted molar refractivity (Wildman–Crippen MR) is 476 cm³/mol. The van der Waals surface area contributed by atoms with E-state index in [2.05, 4.69) is 263 Å². The van der Waals surface area contributed by atoms with Gasteiger partial charge < -0.3 is 13.7 Å². The van der Waals surface area contributed by atoms with Crippen LogP contribution in [-0.4, -0.2) is 28.7 Å². The van der Waals surface area contributed by atoms with Crippen molar-refractivity contribution in [2.75, 3.05) is 0 Å². The topological polar surface area (TPSA) is 53.5 Å². The molecule has 14 aromatic rings. The minimum Gasteiger partial charge on any atom is -0.339 e. The Kier molecular flexibility index (Phi) is 29.1. The van der Waals surface area contributed by atoms with Gasteiger partial charge in [0.15, 0.2) is 0 Å². The maximum Gasteiger partial charge on any atom is 0.0602 e. The fourth-order valence-corrected chi connectivity index (χ4v) is 21.2. The molecule has 0 N–H and O–H groups in total. The van der Waals surface area contributed by atoms with Crippen molar-refractivity contribution in [1.29, 1.82) is 0 Å². The predicted octanol–water partition coefficient (Wildman–Crippen LogP) is 29.9. The molecule has 6 saturated carbocycles. The second-order valence-electron chi connectivity index (χ2n) is 33.6. The molecular weight excluding hydrogens is 1970 g/mol. The van der Waals surface area contributed by atoms with Crippen LogP contribution in [0.25, 0.3) is 107 Å². The number of hydrogen-bond acceptors (Lipinski definition) is 3. The van der Waals surface area contributed by atoms with E-state index < -0.39 is 0 Å². The first-order valence-electron chi connectivity index (χ1n) is 44.0. The van der Waals surface area contributed by atoms with Gasteiger partial charge >= 0.3 is 0 Å². The smallest absolute Gasteiger partial charge is 0.0602 e. The Bertz CT molecular complexity index is 5300. The van der Waals surface area contributed by atoms with Crippen molar-refractivity contribution >= 4 is 0 Å². The maximum absolute atomic E-state index is 4.97. The first kappa shape index (κ1) is 84.0. The van der Waals surface area contributed by atoms with Crippen LogP contribution in [0.2, 0.25) is 0 Å². The Balaban J connectivity index is 0.000000137. The first-order chi connectivity index (χ1) is 57.2. The number of rotatable bonds is 17. The van der Waals surface area contributed by atoms with Crippen LogP contribution in [0.4, 0.5) is 0 Å². The van der Waals surface area contributed by atoms with Crippen LogP contribution in [0.5, 0.6) is 0 Å². The average molecular weight is 2080 g/mol. The van der Waals surface area contributed by atoms with Gasteiger partial charge in [-0.15, -0.1) is 108 Å². The van der Waals surface area contributed by atoms with E-state index in [0.717, 1.165) is 34.2 Å². The molecule has 11 aromatic carbocycles. The summed E-state index contributed by atoms with van der Waals surface area (Å²) in [4.78, 5) is 14.8. The first-order valence-corrected chi connectivity index (χ1v) is 44.0. The molecule has 0 atom stereocenters. The zero-order valence-electron chi connectivity index (χ0n) is 68.1. The SMILES string of the molecule is [Ir].[Ir].[Ir].[c-]1ccccc1-c1nccn1-c1c(C2CCCC2)c(-c2ccccc2)cc(-c2ccccc2)c1C1CCCC1.[c-]1ccccc1-c1nccn1-c1c(C2CCCCC2)c(-c2ccccc2)cc(-c2ccccc2)c1C1CCCCC1.[c-]1ccccc1-c1nccn1-c1c(C2CCCCC2)ccc(-c2ccccc2)c1C1CCCCC1. The van der Waals surface area contributed by atoms with Crippen molar-refractivity contribution < 1.29 is 60.3 Å². The van der Waals surface area contributed by atoms with Gasteiger partial charge in [-0.25, -0.2) is 0 Å². The molecule has 0 unspecified atom stereocenters. The van der Waals surface area contributed by atoms with Gasteiger partial charge in [-0.1, -0.05) is 267 Å². The van der Waals surface area contributed by atoms with Crippen LogP contribution in [0.15, 0.2) is 286 Å². The number of nitrogens with zero attached hydrogens (tertiary/aromatic N) is 6. The van der Waals surface area contributed by atoms with Gasteiger partial charge in [-0.3, -0.25) is 15.0 Å². The summed E-state index contributed by atoms with van der Waals surface area (Å²) in [5, 5.41) is 0.